The molecule has 2 aromatic rings. The highest BCUT2D eigenvalue weighted by Gasteiger charge is 2.22. The molecule has 1 aliphatic heterocycles. The molecule has 8 heteroatoms. The Kier molecular flexibility index (Phi) is 4.24. The number of carboxylic acid groups (broad SMARTS) is 1. The van der Waals surface area contributed by atoms with E-state index in [4.69, 9.17) is 10.4 Å². The summed E-state index contributed by atoms with van der Waals surface area (Å²) in [6.07, 6.45) is 2.66. The molecule has 122 valence electrons. The molecule has 0 bridgehead atoms. The first-order valence-corrected chi connectivity index (χ1v) is 7.34. The largest absolute Gasteiger partial charge is 0.476 e. The van der Waals surface area contributed by atoms with E-state index in [0.29, 0.717) is 37.7 Å². The van der Waals surface area contributed by atoms with Crippen LogP contribution in [0.4, 0.5) is 15.9 Å². The number of piperazine rings is 1. The van der Waals surface area contributed by atoms with Crippen molar-refractivity contribution in [3.05, 3.63) is 47.7 Å². The predicted octanol–water partition coefficient (Wildman–Crippen LogP) is 1.51. The second-order valence-electron chi connectivity index (χ2n) is 5.28. The maximum Gasteiger partial charge on any atom is 0.356 e. The van der Waals surface area contributed by atoms with Crippen molar-refractivity contribution in [2.24, 2.45) is 0 Å². The van der Waals surface area contributed by atoms with Crippen molar-refractivity contribution in [3.8, 4) is 6.07 Å². The molecule has 1 aliphatic rings. The van der Waals surface area contributed by atoms with Crippen molar-refractivity contribution >= 4 is 17.5 Å². The smallest absolute Gasteiger partial charge is 0.356 e. The molecule has 1 saturated heterocycles. The minimum atomic E-state index is -1.12. The summed E-state index contributed by atoms with van der Waals surface area (Å²) in [4.78, 5) is 22.7. The summed E-state index contributed by atoms with van der Waals surface area (Å²) in [5.74, 6) is -1.04. The molecule has 0 radical (unpaired) electrons. The van der Waals surface area contributed by atoms with Gasteiger partial charge in [0.15, 0.2) is 5.69 Å². The Bertz CT molecular complexity index is 795. The van der Waals surface area contributed by atoms with Crippen LogP contribution in [0.1, 0.15) is 16.1 Å². The highest BCUT2D eigenvalue weighted by Crippen LogP contribution is 2.24. The van der Waals surface area contributed by atoms with Gasteiger partial charge in [0.1, 0.15) is 23.3 Å². The van der Waals surface area contributed by atoms with Gasteiger partial charge in [0, 0.05) is 26.2 Å². The standard InChI is InChI=1S/C16H14FN5O2/c17-12-2-1-3-14(11(12)8-18)21-4-6-22(7-5-21)15-10-19-13(9-20-15)16(23)24/h1-3,9-10H,4-7H2,(H,23,24). The number of nitriles is 1. The van der Waals surface area contributed by atoms with Crippen molar-refractivity contribution in [1.82, 2.24) is 9.97 Å². The molecule has 7 nitrogen and oxygen atoms in total. The lowest BCUT2D eigenvalue weighted by molar-refractivity contribution is 0.0690. The second-order valence-corrected chi connectivity index (χ2v) is 5.28. The topological polar surface area (TPSA) is 93.4 Å². The fraction of sp³-hybridized carbons (Fsp3) is 0.250. The summed E-state index contributed by atoms with van der Waals surface area (Å²) < 4.78 is 13.7. The number of hydrogen-bond acceptors (Lipinski definition) is 6. The third kappa shape index (κ3) is 2.96. The van der Waals surface area contributed by atoms with Crippen LogP contribution in [-0.4, -0.2) is 47.2 Å². The van der Waals surface area contributed by atoms with Crippen molar-refractivity contribution in [1.29, 1.82) is 5.26 Å². The van der Waals surface area contributed by atoms with Crippen molar-refractivity contribution in [2.45, 2.75) is 0 Å². The molecule has 0 aliphatic carbocycles. The summed E-state index contributed by atoms with van der Waals surface area (Å²) >= 11 is 0. The van der Waals surface area contributed by atoms with Gasteiger partial charge in [-0.1, -0.05) is 6.07 Å². The van der Waals surface area contributed by atoms with E-state index < -0.39 is 11.8 Å². The molecule has 1 aromatic heterocycles. The van der Waals surface area contributed by atoms with Crippen LogP contribution in [0.15, 0.2) is 30.6 Å². The molecular formula is C16H14FN5O2. The lowest BCUT2D eigenvalue weighted by Crippen LogP contribution is -2.47. The quantitative estimate of drug-likeness (QED) is 0.913. The van der Waals surface area contributed by atoms with E-state index in [1.165, 1.54) is 18.5 Å². The van der Waals surface area contributed by atoms with Gasteiger partial charge in [-0.15, -0.1) is 0 Å². The first-order valence-electron chi connectivity index (χ1n) is 7.34. The molecule has 0 spiro atoms. The van der Waals surface area contributed by atoms with Crippen LogP contribution in [0.2, 0.25) is 0 Å². The average Bonchev–Trinajstić information content (AvgIpc) is 2.62. The monoisotopic (exact) mass is 327 g/mol. The zero-order valence-corrected chi connectivity index (χ0v) is 12.7. The van der Waals surface area contributed by atoms with Crippen LogP contribution in [0, 0.1) is 17.1 Å². The first-order chi connectivity index (χ1) is 11.6. The van der Waals surface area contributed by atoms with E-state index >= 15 is 0 Å². The number of rotatable bonds is 3. The maximum atomic E-state index is 13.7. The van der Waals surface area contributed by atoms with E-state index in [9.17, 15) is 9.18 Å². The number of carboxylic acids is 1. The van der Waals surface area contributed by atoms with Gasteiger partial charge in [-0.25, -0.2) is 19.2 Å². The molecular weight excluding hydrogens is 313 g/mol. The first kappa shape index (κ1) is 15.7. The zero-order valence-electron chi connectivity index (χ0n) is 12.7. The number of hydrogen-bond donors (Lipinski definition) is 1. The molecule has 3 rings (SSSR count). The van der Waals surface area contributed by atoms with Gasteiger partial charge >= 0.3 is 5.97 Å². The van der Waals surface area contributed by atoms with Crippen molar-refractivity contribution in [3.63, 3.8) is 0 Å². The maximum absolute atomic E-state index is 13.7. The van der Waals surface area contributed by atoms with E-state index in [1.807, 2.05) is 15.9 Å². The lowest BCUT2D eigenvalue weighted by Gasteiger charge is -2.36. The van der Waals surface area contributed by atoms with Crippen LogP contribution < -0.4 is 9.80 Å². The molecule has 2 heterocycles. The Balaban J connectivity index is 1.71. The molecule has 24 heavy (non-hydrogen) atoms. The Morgan fingerprint density at radius 1 is 1.17 bits per heavy atom. The molecule has 0 unspecified atom stereocenters. The van der Waals surface area contributed by atoms with E-state index in [0.717, 1.165) is 0 Å². The molecule has 0 amide bonds. The minimum absolute atomic E-state index is 0.0524. The van der Waals surface area contributed by atoms with Gasteiger partial charge in [-0.2, -0.15) is 5.26 Å². The Morgan fingerprint density at radius 2 is 1.88 bits per heavy atom. The SMILES string of the molecule is N#Cc1c(F)cccc1N1CCN(c2cnc(C(=O)O)cn2)CC1. The molecule has 1 fully saturated rings. The van der Waals surface area contributed by atoms with Gasteiger partial charge < -0.3 is 14.9 Å². The van der Waals surface area contributed by atoms with E-state index in [2.05, 4.69) is 9.97 Å². The molecule has 0 atom stereocenters. The number of nitrogens with zero attached hydrogens (tertiary/aromatic N) is 5. The van der Waals surface area contributed by atoms with Crippen LogP contribution >= 0.6 is 0 Å². The van der Waals surface area contributed by atoms with Crippen LogP contribution in [0.3, 0.4) is 0 Å². The number of carbonyl (C=O) groups is 1. The fourth-order valence-corrected chi connectivity index (χ4v) is 2.66. The fourth-order valence-electron chi connectivity index (χ4n) is 2.66. The van der Waals surface area contributed by atoms with Gasteiger partial charge in [0.25, 0.3) is 0 Å². The highest BCUT2D eigenvalue weighted by atomic mass is 19.1. The Hall–Kier alpha value is -3.21. The zero-order chi connectivity index (χ0) is 17.1. The number of aromatic nitrogens is 2. The second kappa shape index (κ2) is 6.50. The van der Waals surface area contributed by atoms with E-state index in [-0.39, 0.29) is 11.3 Å². The third-order valence-corrected chi connectivity index (χ3v) is 3.91. The third-order valence-electron chi connectivity index (χ3n) is 3.91. The summed E-state index contributed by atoms with van der Waals surface area (Å²) in [5, 5.41) is 18.0. The molecule has 1 aromatic carbocycles. The van der Waals surface area contributed by atoms with Crippen molar-refractivity contribution in [2.75, 3.05) is 36.0 Å². The molecule has 1 N–H and O–H groups in total. The lowest BCUT2D eigenvalue weighted by atomic mass is 10.1. The van der Waals surface area contributed by atoms with Gasteiger partial charge in [0.2, 0.25) is 0 Å². The van der Waals surface area contributed by atoms with Gasteiger partial charge in [-0.05, 0) is 12.1 Å². The highest BCUT2D eigenvalue weighted by molar-refractivity contribution is 5.84. The Labute approximate surface area is 137 Å². The van der Waals surface area contributed by atoms with Gasteiger partial charge in [-0.3, -0.25) is 0 Å². The number of aromatic carboxylic acids is 1. The van der Waals surface area contributed by atoms with E-state index in [1.54, 1.807) is 12.1 Å². The minimum Gasteiger partial charge on any atom is -0.476 e. The molecule has 0 saturated carbocycles. The van der Waals surface area contributed by atoms with Crippen LogP contribution in [0.5, 0.6) is 0 Å². The van der Waals surface area contributed by atoms with Crippen LogP contribution in [-0.2, 0) is 0 Å². The summed E-state index contributed by atoms with van der Waals surface area (Å²) in [6.45, 7) is 2.42. The number of benzene rings is 1. The van der Waals surface area contributed by atoms with Crippen LogP contribution in [0.25, 0.3) is 0 Å². The summed E-state index contributed by atoms with van der Waals surface area (Å²) in [5.41, 5.74) is 0.539. The van der Waals surface area contributed by atoms with Crippen molar-refractivity contribution < 1.29 is 14.3 Å². The summed E-state index contributed by atoms with van der Waals surface area (Å²) in [7, 11) is 0. The number of anilines is 2. The summed E-state index contributed by atoms with van der Waals surface area (Å²) in [6, 6.07) is 6.51. The van der Waals surface area contributed by atoms with Gasteiger partial charge in [0.05, 0.1) is 18.1 Å². The normalized spacial score (nSPS) is 14.3. The Morgan fingerprint density at radius 3 is 2.46 bits per heavy atom. The number of halogens is 1. The average molecular weight is 327 g/mol. The predicted molar refractivity (Wildman–Crippen MR) is 84.5 cm³/mol.